The number of benzene rings is 1. The van der Waals surface area contributed by atoms with Gasteiger partial charge in [0.2, 0.25) is 0 Å². The average molecular weight is 223 g/mol. The molecule has 16 heavy (non-hydrogen) atoms. The third-order valence-electron chi connectivity index (χ3n) is 2.30. The van der Waals surface area contributed by atoms with Crippen molar-refractivity contribution in [3.63, 3.8) is 0 Å². The summed E-state index contributed by atoms with van der Waals surface area (Å²) in [7, 11) is 1.68. The molecule has 1 aromatic rings. The summed E-state index contributed by atoms with van der Waals surface area (Å²) in [5.74, 6) is 0. The van der Waals surface area contributed by atoms with E-state index in [9.17, 15) is 0 Å². The Hall–Kier alpha value is -0.900. The monoisotopic (exact) mass is 223 g/mol. The zero-order valence-corrected chi connectivity index (χ0v) is 10.2. The smallest absolute Gasteiger partial charge is 0.0718 e. The van der Waals surface area contributed by atoms with Crippen molar-refractivity contribution in [1.29, 1.82) is 0 Å². The van der Waals surface area contributed by atoms with Gasteiger partial charge in [0.1, 0.15) is 0 Å². The molecule has 0 radical (unpaired) electrons. The second-order valence-corrected chi connectivity index (χ2v) is 3.64. The van der Waals surface area contributed by atoms with Gasteiger partial charge >= 0.3 is 0 Å². The highest BCUT2D eigenvalue weighted by Crippen LogP contribution is 2.05. The maximum Gasteiger partial charge on any atom is 0.0718 e. The van der Waals surface area contributed by atoms with Crippen LogP contribution in [-0.4, -0.2) is 26.9 Å². The lowest BCUT2D eigenvalue weighted by Gasteiger charge is -2.05. The third-order valence-corrected chi connectivity index (χ3v) is 2.30. The van der Waals surface area contributed by atoms with Crippen LogP contribution in [0.4, 0.5) is 0 Å². The Balaban J connectivity index is 2.27. The summed E-state index contributed by atoms with van der Waals surface area (Å²) >= 11 is 0. The molecule has 0 saturated heterocycles. The van der Waals surface area contributed by atoms with Crippen LogP contribution in [0.3, 0.4) is 0 Å². The molecule has 0 bridgehead atoms. The normalized spacial score (nSPS) is 10.6. The van der Waals surface area contributed by atoms with Crippen molar-refractivity contribution in [2.24, 2.45) is 0 Å². The molecule has 0 unspecified atom stereocenters. The van der Waals surface area contributed by atoms with E-state index in [0.29, 0.717) is 19.8 Å². The van der Waals surface area contributed by atoms with Crippen molar-refractivity contribution >= 4 is 0 Å². The first-order valence-electron chi connectivity index (χ1n) is 5.72. The van der Waals surface area contributed by atoms with Gasteiger partial charge in [0.15, 0.2) is 0 Å². The van der Waals surface area contributed by atoms with Gasteiger partial charge in [-0.05, 0) is 17.7 Å². The van der Waals surface area contributed by atoms with Crippen LogP contribution in [0.15, 0.2) is 24.3 Å². The maximum atomic E-state index is 5.44. The van der Waals surface area contributed by atoms with Gasteiger partial charge in [-0.15, -0.1) is 0 Å². The molecule has 0 aliphatic carbocycles. The van der Waals surface area contributed by atoms with E-state index in [2.05, 4.69) is 36.5 Å². The quantitative estimate of drug-likeness (QED) is 0.683. The fourth-order valence-corrected chi connectivity index (χ4v) is 1.35. The van der Waals surface area contributed by atoms with E-state index in [4.69, 9.17) is 9.47 Å². The fraction of sp³-hybridized carbons (Fsp3) is 0.538. The van der Waals surface area contributed by atoms with Crippen molar-refractivity contribution in [1.82, 2.24) is 5.32 Å². The number of rotatable bonds is 8. The van der Waals surface area contributed by atoms with Crippen LogP contribution in [-0.2, 0) is 22.6 Å². The Morgan fingerprint density at radius 3 is 2.38 bits per heavy atom. The molecule has 0 spiro atoms. The molecule has 0 aliphatic rings. The third kappa shape index (κ3) is 5.26. The van der Waals surface area contributed by atoms with Gasteiger partial charge < -0.3 is 14.8 Å². The zero-order chi connectivity index (χ0) is 11.6. The van der Waals surface area contributed by atoms with Crippen LogP contribution in [0, 0.1) is 0 Å². The van der Waals surface area contributed by atoms with Crippen molar-refractivity contribution in [3.05, 3.63) is 35.4 Å². The van der Waals surface area contributed by atoms with Gasteiger partial charge in [0.05, 0.1) is 19.8 Å². The SMILES string of the molecule is CCNCc1ccc(COCCOC)cc1. The van der Waals surface area contributed by atoms with Gasteiger partial charge in [0, 0.05) is 13.7 Å². The van der Waals surface area contributed by atoms with Crippen LogP contribution in [0.2, 0.25) is 0 Å². The maximum absolute atomic E-state index is 5.44. The van der Waals surface area contributed by atoms with E-state index in [1.165, 1.54) is 11.1 Å². The lowest BCUT2D eigenvalue weighted by Crippen LogP contribution is -2.11. The van der Waals surface area contributed by atoms with E-state index in [1.807, 2.05) is 0 Å². The molecule has 1 N–H and O–H groups in total. The molecule has 90 valence electrons. The Labute approximate surface area is 97.8 Å². The average Bonchev–Trinajstić information content (AvgIpc) is 2.33. The lowest BCUT2D eigenvalue weighted by molar-refractivity contribution is 0.0616. The summed E-state index contributed by atoms with van der Waals surface area (Å²) < 4.78 is 10.4. The molecule has 0 aromatic heterocycles. The van der Waals surface area contributed by atoms with Crippen LogP contribution < -0.4 is 5.32 Å². The van der Waals surface area contributed by atoms with E-state index in [0.717, 1.165) is 13.1 Å². The van der Waals surface area contributed by atoms with Crippen molar-refractivity contribution in [3.8, 4) is 0 Å². The molecule has 0 fully saturated rings. The standard InChI is InChI=1S/C13H21NO2/c1-3-14-10-12-4-6-13(7-5-12)11-16-9-8-15-2/h4-7,14H,3,8-11H2,1-2H3. The second-order valence-electron chi connectivity index (χ2n) is 3.64. The Morgan fingerprint density at radius 2 is 1.75 bits per heavy atom. The van der Waals surface area contributed by atoms with Gasteiger partial charge in [-0.1, -0.05) is 31.2 Å². The minimum absolute atomic E-state index is 0.648. The van der Waals surface area contributed by atoms with Gasteiger partial charge in [-0.3, -0.25) is 0 Å². The van der Waals surface area contributed by atoms with Crippen LogP contribution >= 0.6 is 0 Å². The highest BCUT2D eigenvalue weighted by molar-refractivity contribution is 5.21. The molecule has 0 heterocycles. The fourth-order valence-electron chi connectivity index (χ4n) is 1.35. The summed E-state index contributed by atoms with van der Waals surface area (Å²) in [6.45, 7) is 6.00. The summed E-state index contributed by atoms with van der Waals surface area (Å²) in [6, 6.07) is 8.49. The first-order valence-corrected chi connectivity index (χ1v) is 5.72. The Bertz CT molecular complexity index is 272. The van der Waals surface area contributed by atoms with Gasteiger partial charge in [-0.25, -0.2) is 0 Å². The Morgan fingerprint density at radius 1 is 1.06 bits per heavy atom. The summed E-state index contributed by atoms with van der Waals surface area (Å²) in [5.41, 5.74) is 2.51. The van der Waals surface area contributed by atoms with Crippen LogP contribution in [0.5, 0.6) is 0 Å². The zero-order valence-electron chi connectivity index (χ0n) is 10.2. The van der Waals surface area contributed by atoms with Gasteiger partial charge in [0.25, 0.3) is 0 Å². The van der Waals surface area contributed by atoms with Gasteiger partial charge in [-0.2, -0.15) is 0 Å². The molecule has 0 aliphatic heterocycles. The highest BCUT2D eigenvalue weighted by atomic mass is 16.5. The first-order chi connectivity index (χ1) is 7.86. The van der Waals surface area contributed by atoms with E-state index in [1.54, 1.807) is 7.11 Å². The first kappa shape index (κ1) is 13.2. The molecule has 0 saturated carbocycles. The predicted octanol–water partition coefficient (Wildman–Crippen LogP) is 1.96. The predicted molar refractivity (Wildman–Crippen MR) is 65.4 cm³/mol. The molecule has 1 rings (SSSR count). The molecule has 0 amide bonds. The molecule has 1 aromatic carbocycles. The minimum atomic E-state index is 0.648. The van der Waals surface area contributed by atoms with Crippen molar-refractivity contribution in [2.45, 2.75) is 20.1 Å². The number of hydrogen-bond donors (Lipinski definition) is 1. The van der Waals surface area contributed by atoms with Crippen molar-refractivity contribution in [2.75, 3.05) is 26.9 Å². The number of hydrogen-bond acceptors (Lipinski definition) is 3. The van der Waals surface area contributed by atoms with E-state index < -0.39 is 0 Å². The van der Waals surface area contributed by atoms with Crippen LogP contribution in [0.25, 0.3) is 0 Å². The van der Waals surface area contributed by atoms with Crippen molar-refractivity contribution < 1.29 is 9.47 Å². The summed E-state index contributed by atoms with van der Waals surface area (Å²) in [5, 5.41) is 3.30. The minimum Gasteiger partial charge on any atom is -0.382 e. The lowest BCUT2D eigenvalue weighted by atomic mass is 10.1. The highest BCUT2D eigenvalue weighted by Gasteiger charge is 1.95. The second kappa shape index (κ2) is 8.28. The largest absolute Gasteiger partial charge is 0.382 e. The Kier molecular flexibility index (Phi) is 6.81. The summed E-state index contributed by atoms with van der Waals surface area (Å²) in [6.07, 6.45) is 0. The van der Waals surface area contributed by atoms with Crippen LogP contribution in [0.1, 0.15) is 18.1 Å². The topological polar surface area (TPSA) is 30.5 Å². The molecular weight excluding hydrogens is 202 g/mol. The summed E-state index contributed by atoms with van der Waals surface area (Å²) in [4.78, 5) is 0. The van der Waals surface area contributed by atoms with E-state index in [-0.39, 0.29) is 0 Å². The van der Waals surface area contributed by atoms with E-state index >= 15 is 0 Å². The molecule has 0 atom stereocenters. The number of methoxy groups -OCH3 is 1. The number of nitrogens with one attached hydrogen (secondary N) is 1. The molecule has 3 nitrogen and oxygen atoms in total. The molecular formula is C13H21NO2. The number of ether oxygens (including phenoxy) is 2. The molecule has 3 heteroatoms.